The monoisotopic (exact) mass is 247 g/mol. The smallest absolute Gasteiger partial charge is 0.275 e. The van der Waals surface area contributed by atoms with E-state index >= 15 is 0 Å². The summed E-state index contributed by atoms with van der Waals surface area (Å²) in [6.45, 7) is 0. The molecule has 0 aliphatic rings. The van der Waals surface area contributed by atoms with Gasteiger partial charge in [0, 0.05) is 11.1 Å². The van der Waals surface area contributed by atoms with E-state index in [0.717, 1.165) is 0 Å². The Labute approximate surface area is 96.6 Å². The van der Waals surface area contributed by atoms with Crippen LogP contribution in [0.3, 0.4) is 0 Å². The summed E-state index contributed by atoms with van der Waals surface area (Å²) in [4.78, 5) is 5.26. The van der Waals surface area contributed by atoms with Crippen molar-refractivity contribution < 1.29 is 9.98 Å². The highest BCUT2D eigenvalue weighted by Gasteiger charge is 2.04. The van der Waals surface area contributed by atoms with Crippen molar-refractivity contribution in [1.29, 1.82) is 0 Å². The first-order chi connectivity index (χ1) is 6.99. The summed E-state index contributed by atoms with van der Waals surface area (Å²) < 4.78 is 0. The summed E-state index contributed by atoms with van der Waals surface area (Å²) in [5.74, 6) is 0.150. The molecule has 0 saturated carbocycles. The molecule has 8 N–H and O–H groups in total. The van der Waals surface area contributed by atoms with Crippen LogP contribution in [0.1, 0.15) is 0 Å². The van der Waals surface area contributed by atoms with E-state index in [9.17, 15) is 0 Å². The Balaban J connectivity index is 3.07. The SMILES string of the molecule is NC(N)=[NH+]C(N)=[NH+]c1cc(Cl)ccc1Cl. The first-order valence-corrected chi connectivity index (χ1v) is 4.74. The van der Waals surface area contributed by atoms with E-state index in [2.05, 4.69) is 9.98 Å². The molecule has 0 radical (unpaired) electrons. The summed E-state index contributed by atoms with van der Waals surface area (Å²) >= 11 is 11.7. The molecule has 0 unspecified atom stereocenters. The predicted octanol–water partition coefficient (Wildman–Crippen LogP) is -2.63. The van der Waals surface area contributed by atoms with Crippen molar-refractivity contribution in [3.63, 3.8) is 0 Å². The third-order valence-electron chi connectivity index (χ3n) is 1.48. The summed E-state index contributed by atoms with van der Waals surface area (Å²) in [5, 5.41) is 1.03. The minimum absolute atomic E-state index is 0.0156. The van der Waals surface area contributed by atoms with Gasteiger partial charge in [0.25, 0.3) is 0 Å². The molecule has 0 aromatic heterocycles. The number of guanidine groups is 2. The van der Waals surface area contributed by atoms with Crippen molar-refractivity contribution in [1.82, 2.24) is 0 Å². The van der Waals surface area contributed by atoms with Crippen LogP contribution in [-0.2, 0) is 0 Å². The lowest BCUT2D eigenvalue weighted by atomic mass is 10.3. The van der Waals surface area contributed by atoms with E-state index in [-0.39, 0.29) is 11.9 Å². The van der Waals surface area contributed by atoms with Gasteiger partial charge >= 0.3 is 11.9 Å². The van der Waals surface area contributed by atoms with Gasteiger partial charge in [-0.1, -0.05) is 23.2 Å². The summed E-state index contributed by atoms with van der Waals surface area (Å²) in [6.07, 6.45) is 0. The van der Waals surface area contributed by atoms with Gasteiger partial charge in [-0.2, -0.15) is 4.99 Å². The molecule has 0 amide bonds. The highest BCUT2D eigenvalue weighted by atomic mass is 35.5. The van der Waals surface area contributed by atoms with E-state index in [1.54, 1.807) is 18.2 Å². The zero-order chi connectivity index (χ0) is 11.4. The van der Waals surface area contributed by atoms with Gasteiger partial charge in [0.05, 0.1) is 5.02 Å². The van der Waals surface area contributed by atoms with Gasteiger partial charge in [-0.3, -0.25) is 17.2 Å². The maximum Gasteiger partial charge on any atom is 0.390 e. The van der Waals surface area contributed by atoms with Crippen LogP contribution in [-0.4, -0.2) is 11.9 Å². The van der Waals surface area contributed by atoms with Gasteiger partial charge in [-0.15, -0.1) is 0 Å². The Morgan fingerprint density at radius 3 is 2.40 bits per heavy atom. The van der Waals surface area contributed by atoms with Gasteiger partial charge in [0.15, 0.2) is 0 Å². The van der Waals surface area contributed by atoms with Crippen LogP contribution in [0.15, 0.2) is 18.2 Å². The fourth-order valence-corrected chi connectivity index (χ4v) is 1.26. The van der Waals surface area contributed by atoms with Crippen LogP contribution in [0.2, 0.25) is 10.0 Å². The van der Waals surface area contributed by atoms with Crippen LogP contribution in [0, 0.1) is 0 Å². The van der Waals surface area contributed by atoms with Gasteiger partial charge in [-0.05, 0) is 12.1 Å². The third kappa shape index (κ3) is 3.65. The molecule has 7 heteroatoms. The van der Waals surface area contributed by atoms with Crippen LogP contribution in [0.5, 0.6) is 0 Å². The Kier molecular flexibility index (Phi) is 3.76. The molecular weight excluding hydrogens is 237 g/mol. The van der Waals surface area contributed by atoms with E-state index in [0.29, 0.717) is 15.7 Å². The average molecular weight is 248 g/mol. The Morgan fingerprint density at radius 1 is 1.13 bits per heavy atom. The van der Waals surface area contributed by atoms with Gasteiger partial charge < -0.3 is 0 Å². The highest BCUT2D eigenvalue weighted by molar-refractivity contribution is 6.34. The molecule has 0 heterocycles. The van der Waals surface area contributed by atoms with Gasteiger partial charge in [0.1, 0.15) is 5.69 Å². The fourth-order valence-electron chi connectivity index (χ4n) is 0.925. The number of halogens is 2. The maximum absolute atomic E-state index is 5.89. The molecule has 0 aliphatic heterocycles. The summed E-state index contributed by atoms with van der Waals surface area (Å²) in [6, 6.07) is 4.95. The van der Waals surface area contributed by atoms with Crippen molar-refractivity contribution in [3.05, 3.63) is 28.2 Å². The van der Waals surface area contributed by atoms with Gasteiger partial charge in [-0.25, -0.2) is 4.99 Å². The van der Waals surface area contributed by atoms with Gasteiger partial charge in [0.2, 0.25) is 0 Å². The van der Waals surface area contributed by atoms with E-state index in [1.165, 1.54) is 0 Å². The van der Waals surface area contributed by atoms with Crippen LogP contribution in [0.25, 0.3) is 0 Å². The second kappa shape index (κ2) is 4.86. The van der Waals surface area contributed by atoms with Crippen molar-refractivity contribution >= 4 is 40.8 Å². The van der Waals surface area contributed by atoms with Crippen molar-refractivity contribution in [2.45, 2.75) is 0 Å². The number of benzene rings is 1. The molecule has 1 aromatic carbocycles. The number of rotatable bonds is 1. The van der Waals surface area contributed by atoms with E-state index in [4.69, 9.17) is 40.4 Å². The predicted molar refractivity (Wildman–Crippen MR) is 60.6 cm³/mol. The second-order valence-electron chi connectivity index (χ2n) is 2.74. The third-order valence-corrected chi connectivity index (χ3v) is 2.04. The molecule has 0 aliphatic carbocycles. The molecular formula is C8H11Cl2N5+2. The quantitative estimate of drug-likeness (QED) is 0.277. The number of hydrogen-bond donors (Lipinski definition) is 5. The minimum atomic E-state index is -0.0156. The lowest BCUT2D eigenvalue weighted by molar-refractivity contribution is -0.459. The first kappa shape index (κ1) is 11.6. The lowest BCUT2D eigenvalue weighted by Crippen LogP contribution is -2.96. The Hall–Kier alpha value is -1.46. The lowest BCUT2D eigenvalue weighted by Gasteiger charge is -1.96. The Bertz CT molecular complexity index is 423. The number of nitrogens with two attached hydrogens (primary N) is 3. The average Bonchev–Trinajstić information content (AvgIpc) is 2.10. The molecule has 1 rings (SSSR count). The largest absolute Gasteiger partial charge is 0.390 e. The zero-order valence-electron chi connectivity index (χ0n) is 7.72. The van der Waals surface area contributed by atoms with E-state index in [1.807, 2.05) is 0 Å². The molecule has 0 spiro atoms. The zero-order valence-corrected chi connectivity index (χ0v) is 9.23. The minimum Gasteiger partial charge on any atom is -0.275 e. The van der Waals surface area contributed by atoms with Crippen molar-refractivity contribution in [2.75, 3.05) is 0 Å². The summed E-state index contributed by atoms with van der Waals surface area (Å²) in [5.41, 5.74) is 16.5. The highest BCUT2D eigenvalue weighted by Crippen LogP contribution is 2.20. The molecule has 5 nitrogen and oxygen atoms in total. The van der Waals surface area contributed by atoms with Crippen LogP contribution >= 0.6 is 23.2 Å². The molecule has 80 valence electrons. The fraction of sp³-hybridized carbons (Fsp3) is 0. The second-order valence-corrected chi connectivity index (χ2v) is 3.59. The van der Waals surface area contributed by atoms with Crippen molar-refractivity contribution in [2.24, 2.45) is 17.2 Å². The number of nitrogens with one attached hydrogen (secondary N) is 2. The molecule has 0 bridgehead atoms. The van der Waals surface area contributed by atoms with Crippen molar-refractivity contribution in [3.8, 4) is 0 Å². The van der Waals surface area contributed by atoms with E-state index < -0.39 is 0 Å². The molecule has 0 fully saturated rings. The topological polar surface area (TPSA) is 106 Å². The normalized spacial score (nSPS) is 11.2. The molecule has 1 aromatic rings. The first-order valence-electron chi connectivity index (χ1n) is 3.98. The standard InChI is InChI=1S/C8H9Cl2N5/c9-4-1-2-5(10)6(3-4)14-8(13)15-7(11)12/h1-3H,(H6,11,12,13,14,15)/p+2. The molecule has 0 atom stereocenters. The molecule has 15 heavy (non-hydrogen) atoms. The maximum atomic E-state index is 5.89. The van der Waals surface area contributed by atoms with Crippen LogP contribution in [0.4, 0.5) is 5.69 Å². The summed E-state index contributed by atoms with van der Waals surface area (Å²) in [7, 11) is 0. The molecule has 0 saturated heterocycles. The Morgan fingerprint density at radius 2 is 1.80 bits per heavy atom. The van der Waals surface area contributed by atoms with Crippen LogP contribution < -0.4 is 27.2 Å². The number of hydrogen-bond acceptors (Lipinski definition) is 0.